The predicted octanol–water partition coefficient (Wildman–Crippen LogP) is 1.09. The lowest BCUT2D eigenvalue weighted by molar-refractivity contribution is -0.149. The third-order valence-corrected chi connectivity index (χ3v) is 2.53. The summed E-state index contributed by atoms with van der Waals surface area (Å²) in [5.41, 5.74) is 4.77. The Morgan fingerprint density at radius 3 is 2.31 bits per heavy atom. The molecule has 0 saturated heterocycles. The lowest BCUT2D eigenvalue weighted by Gasteiger charge is -2.24. The molecule has 0 aliphatic rings. The van der Waals surface area contributed by atoms with E-state index in [0.717, 1.165) is 0 Å². The van der Waals surface area contributed by atoms with Gasteiger partial charge in [-0.3, -0.25) is 9.59 Å². The van der Waals surface area contributed by atoms with E-state index in [1.165, 1.54) is 13.0 Å². The van der Waals surface area contributed by atoms with E-state index < -0.39 is 23.8 Å². The molecule has 0 aromatic heterocycles. The minimum atomic E-state index is -1.50. The Morgan fingerprint density at radius 2 is 1.88 bits per heavy atom. The Balaban J connectivity index is 3.27. The Hall–Kier alpha value is -2.04. The number of hydrogen-bond donors (Lipinski definition) is 3. The number of benzene rings is 1. The predicted molar refractivity (Wildman–Crippen MR) is 58.1 cm³/mol. The molecular formula is C11H13NO4. The van der Waals surface area contributed by atoms with E-state index in [1.54, 1.807) is 18.2 Å². The molecule has 1 unspecified atom stereocenters. The van der Waals surface area contributed by atoms with Gasteiger partial charge in [-0.2, -0.15) is 0 Å². The van der Waals surface area contributed by atoms with Gasteiger partial charge in [-0.25, -0.2) is 0 Å². The van der Waals surface area contributed by atoms with Crippen LogP contribution < -0.4 is 5.73 Å². The van der Waals surface area contributed by atoms with Crippen LogP contribution in [0.3, 0.4) is 0 Å². The second kappa shape index (κ2) is 4.22. The van der Waals surface area contributed by atoms with Crippen molar-refractivity contribution in [3.05, 3.63) is 29.8 Å². The van der Waals surface area contributed by atoms with E-state index in [2.05, 4.69) is 0 Å². The average Bonchev–Trinajstić information content (AvgIpc) is 2.16. The van der Waals surface area contributed by atoms with Gasteiger partial charge in [0.1, 0.15) is 5.41 Å². The van der Waals surface area contributed by atoms with Crippen LogP contribution in [0.5, 0.6) is 0 Å². The van der Waals surface area contributed by atoms with Gasteiger partial charge in [0.15, 0.2) is 0 Å². The molecule has 0 fully saturated rings. The fraction of sp³-hybridized carbons (Fsp3) is 0.273. The van der Waals surface area contributed by atoms with Crippen molar-refractivity contribution in [2.75, 3.05) is 5.73 Å². The van der Waals surface area contributed by atoms with Crippen LogP contribution in [0.25, 0.3) is 0 Å². The molecule has 0 spiro atoms. The zero-order valence-electron chi connectivity index (χ0n) is 8.80. The second-order valence-corrected chi connectivity index (χ2v) is 3.80. The maximum atomic E-state index is 11.2. The number of carbonyl (C=O) groups is 2. The fourth-order valence-corrected chi connectivity index (χ4v) is 1.59. The Labute approximate surface area is 92.5 Å². The topological polar surface area (TPSA) is 101 Å². The van der Waals surface area contributed by atoms with Crippen LogP contribution in [-0.2, 0) is 15.0 Å². The summed E-state index contributed by atoms with van der Waals surface area (Å²) in [5, 5.41) is 17.9. The summed E-state index contributed by atoms with van der Waals surface area (Å²) in [4.78, 5) is 21.9. The van der Waals surface area contributed by atoms with E-state index in [9.17, 15) is 9.59 Å². The van der Waals surface area contributed by atoms with E-state index in [-0.39, 0.29) is 5.69 Å². The van der Waals surface area contributed by atoms with Gasteiger partial charge in [0, 0.05) is 5.69 Å². The molecule has 86 valence electrons. The molecule has 0 aliphatic heterocycles. The van der Waals surface area contributed by atoms with Gasteiger partial charge >= 0.3 is 11.9 Å². The van der Waals surface area contributed by atoms with Crippen LogP contribution >= 0.6 is 0 Å². The largest absolute Gasteiger partial charge is 0.481 e. The first-order valence-electron chi connectivity index (χ1n) is 4.68. The molecular weight excluding hydrogens is 210 g/mol. The van der Waals surface area contributed by atoms with Crippen LogP contribution in [0.15, 0.2) is 24.3 Å². The Morgan fingerprint density at radius 1 is 1.31 bits per heavy atom. The number of nitrogens with two attached hydrogens (primary N) is 1. The standard InChI is InChI=1S/C11H13NO4/c1-11(10(15)16,6-9(13)14)7-4-2-3-5-8(7)12/h2-5H,6,12H2,1H3,(H,13,14)(H,15,16). The molecule has 5 heteroatoms. The molecule has 1 aromatic carbocycles. The molecule has 5 nitrogen and oxygen atoms in total. The smallest absolute Gasteiger partial charge is 0.314 e. The van der Waals surface area contributed by atoms with E-state index in [4.69, 9.17) is 15.9 Å². The van der Waals surface area contributed by atoms with Crippen molar-refractivity contribution in [2.45, 2.75) is 18.8 Å². The fourth-order valence-electron chi connectivity index (χ4n) is 1.59. The summed E-state index contributed by atoms with van der Waals surface area (Å²) in [6.07, 6.45) is -0.503. The number of rotatable bonds is 4. The maximum absolute atomic E-state index is 11.2. The van der Waals surface area contributed by atoms with E-state index in [1.807, 2.05) is 0 Å². The highest BCUT2D eigenvalue weighted by Crippen LogP contribution is 2.32. The first-order chi connectivity index (χ1) is 7.38. The summed E-state index contributed by atoms with van der Waals surface area (Å²) in [5.74, 6) is -2.37. The van der Waals surface area contributed by atoms with Crippen molar-refractivity contribution in [1.29, 1.82) is 0 Å². The number of carboxylic acid groups (broad SMARTS) is 2. The molecule has 0 radical (unpaired) electrons. The van der Waals surface area contributed by atoms with Crippen molar-refractivity contribution >= 4 is 17.6 Å². The molecule has 0 saturated carbocycles. The quantitative estimate of drug-likeness (QED) is 0.663. The maximum Gasteiger partial charge on any atom is 0.314 e. The zero-order valence-corrected chi connectivity index (χ0v) is 8.80. The number of carboxylic acids is 2. The van der Waals surface area contributed by atoms with Crippen LogP contribution in [0.2, 0.25) is 0 Å². The van der Waals surface area contributed by atoms with Gasteiger partial charge in [-0.1, -0.05) is 18.2 Å². The summed E-state index contributed by atoms with van der Waals surface area (Å²) in [7, 11) is 0. The molecule has 0 bridgehead atoms. The number of nitrogen functional groups attached to an aromatic ring is 1. The van der Waals surface area contributed by atoms with Gasteiger partial charge in [0.2, 0.25) is 0 Å². The summed E-state index contributed by atoms with van der Waals surface area (Å²) < 4.78 is 0. The van der Waals surface area contributed by atoms with Crippen molar-refractivity contribution < 1.29 is 19.8 Å². The molecule has 16 heavy (non-hydrogen) atoms. The highest BCUT2D eigenvalue weighted by molar-refractivity contribution is 5.88. The van der Waals surface area contributed by atoms with Gasteiger partial charge in [-0.15, -0.1) is 0 Å². The Bertz CT molecular complexity index is 430. The van der Waals surface area contributed by atoms with Crippen LogP contribution in [0, 0.1) is 0 Å². The zero-order chi connectivity index (χ0) is 12.3. The molecule has 0 aliphatic carbocycles. The van der Waals surface area contributed by atoms with Gasteiger partial charge in [0.25, 0.3) is 0 Å². The number of para-hydroxylation sites is 1. The molecule has 1 aromatic rings. The molecule has 4 N–H and O–H groups in total. The number of aliphatic carboxylic acids is 2. The van der Waals surface area contributed by atoms with Gasteiger partial charge in [-0.05, 0) is 18.6 Å². The number of anilines is 1. The first kappa shape index (κ1) is 12.0. The van der Waals surface area contributed by atoms with Gasteiger partial charge < -0.3 is 15.9 Å². The number of hydrogen-bond acceptors (Lipinski definition) is 3. The molecule has 0 amide bonds. The monoisotopic (exact) mass is 223 g/mol. The molecule has 1 rings (SSSR count). The van der Waals surface area contributed by atoms with Crippen LogP contribution in [0.4, 0.5) is 5.69 Å². The minimum Gasteiger partial charge on any atom is -0.481 e. The average molecular weight is 223 g/mol. The highest BCUT2D eigenvalue weighted by Gasteiger charge is 2.38. The summed E-state index contributed by atoms with van der Waals surface area (Å²) >= 11 is 0. The van der Waals surface area contributed by atoms with Crippen LogP contribution in [-0.4, -0.2) is 22.2 Å². The normalized spacial score (nSPS) is 14.1. The summed E-state index contributed by atoms with van der Waals surface area (Å²) in [6, 6.07) is 6.39. The van der Waals surface area contributed by atoms with E-state index >= 15 is 0 Å². The van der Waals surface area contributed by atoms with Crippen LogP contribution in [0.1, 0.15) is 18.9 Å². The van der Waals surface area contributed by atoms with Crippen molar-refractivity contribution in [3.63, 3.8) is 0 Å². The van der Waals surface area contributed by atoms with Crippen molar-refractivity contribution in [1.82, 2.24) is 0 Å². The SMILES string of the molecule is CC(CC(=O)O)(C(=O)O)c1ccccc1N. The van der Waals surface area contributed by atoms with E-state index in [0.29, 0.717) is 5.56 Å². The second-order valence-electron chi connectivity index (χ2n) is 3.80. The minimum absolute atomic E-state index is 0.286. The van der Waals surface area contributed by atoms with Crippen molar-refractivity contribution in [2.24, 2.45) is 0 Å². The first-order valence-corrected chi connectivity index (χ1v) is 4.68. The molecule has 1 atom stereocenters. The highest BCUT2D eigenvalue weighted by atomic mass is 16.4. The van der Waals surface area contributed by atoms with Crippen molar-refractivity contribution in [3.8, 4) is 0 Å². The Kier molecular flexibility index (Phi) is 3.17. The lowest BCUT2D eigenvalue weighted by atomic mass is 9.79. The summed E-state index contributed by atoms with van der Waals surface area (Å²) in [6.45, 7) is 1.36. The van der Waals surface area contributed by atoms with Gasteiger partial charge in [0.05, 0.1) is 6.42 Å². The molecule has 0 heterocycles. The third kappa shape index (κ3) is 2.13. The third-order valence-electron chi connectivity index (χ3n) is 2.53. The lowest BCUT2D eigenvalue weighted by Crippen LogP contribution is -2.35.